The molecule has 1 unspecified atom stereocenters. The van der Waals surface area contributed by atoms with E-state index < -0.39 is 11.5 Å². The highest BCUT2D eigenvalue weighted by Gasteiger charge is 2.50. The molecule has 38 heavy (non-hydrogen) atoms. The van der Waals surface area contributed by atoms with Gasteiger partial charge in [-0.05, 0) is 61.0 Å². The summed E-state index contributed by atoms with van der Waals surface area (Å²) in [6.45, 7) is 14.0. The molecule has 2 aromatic rings. The van der Waals surface area contributed by atoms with Gasteiger partial charge in [0.15, 0.2) is 0 Å². The molecule has 5 rings (SSSR count). The van der Waals surface area contributed by atoms with E-state index in [0.29, 0.717) is 30.1 Å². The summed E-state index contributed by atoms with van der Waals surface area (Å²) in [5.41, 5.74) is 1.19. The van der Waals surface area contributed by atoms with E-state index in [1.54, 1.807) is 0 Å². The fraction of sp³-hybridized carbons (Fsp3) is 0.645. The number of fused-ring (bicyclic) bond motifs is 3. The lowest BCUT2D eigenvalue weighted by Gasteiger charge is -2.41. The van der Waals surface area contributed by atoms with Crippen LogP contribution in [0.2, 0.25) is 0 Å². The van der Waals surface area contributed by atoms with Crippen LogP contribution in [0.15, 0.2) is 30.3 Å². The molecule has 1 aliphatic carbocycles. The Morgan fingerprint density at radius 2 is 1.55 bits per heavy atom. The van der Waals surface area contributed by atoms with E-state index in [9.17, 15) is 14.4 Å². The van der Waals surface area contributed by atoms with Gasteiger partial charge in [-0.25, -0.2) is 0 Å². The number of rotatable bonds is 4. The Kier molecular flexibility index (Phi) is 6.85. The third-order valence-corrected chi connectivity index (χ3v) is 9.27. The summed E-state index contributed by atoms with van der Waals surface area (Å²) in [7, 11) is 0. The molecule has 0 spiro atoms. The molecule has 0 radical (unpaired) electrons. The van der Waals surface area contributed by atoms with Crippen molar-refractivity contribution in [3.8, 4) is 0 Å². The van der Waals surface area contributed by atoms with Gasteiger partial charge in [0, 0.05) is 29.9 Å². The van der Waals surface area contributed by atoms with E-state index in [0.717, 1.165) is 43.0 Å². The van der Waals surface area contributed by atoms with Crippen molar-refractivity contribution in [3.05, 3.63) is 36.0 Å². The molecular weight excluding hydrogens is 476 g/mol. The molecule has 2 N–H and O–H groups in total. The Morgan fingerprint density at radius 3 is 2.13 bits per heavy atom. The average molecular weight is 521 g/mol. The monoisotopic (exact) mass is 520 g/mol. The SMILES string of the molecule is CC(C)(C)C(NC(=O)c1cc2ccccc2[nH]1)C(=O)N1C[C@@H]2C[C@H]1CN2C(=O)[C@H]1CC[C@H](C(C)(C)C)CC1. The number of aromatic nitrogens is 1. The number of nitrogens with one attached hydrogen (secondary N) is 2. The van der Waals surface area contributed by atoms with Crippen LogP contribution >= 0.6 is 0 Å². The lowest BCUT2D eigenvalue weighted by molar-refractivity contribution is -0.145. The third kappa shape index (κ3) is 5.08. The highest BCUT2D eigenvalue weighted by Crippen LogP contribution is 2.42. The van der Waals surface area contributed by atoms with Gasteiger partial charge in [-0.2, -0.15) is 0 Å². The zero-order chi connectivity index (χ0) is 27.4. The Balaban J connectivity index is 1.22. The minimum Gasteiger partial charge on any atom is -0.351 e. The first kappa shape index (κ1) is 26.8. The van der Waals surface area contributed by atoms with Crippen LogP contribution in [0.5, 0.6) is 0 Å². The molecule has 206 valence electrons. The van der Waals surface area contributed by atoms with Gasteiger partial charge < -0.3 is 20.1 Å². The molecule has 7 nitrogen and oxygen atoms in total. The highest BCUT2D eigenvalue weighted by molar-refractivity contribution is 6.00. The normalized spacial score (nSPS) is 26.6. The molecule has 3 aliphatic rings. The molecule has 3 atom stereocenters. The molecule has 1 aromatic heterocycles. The Bertz CT molecular complexity index is 1180. The molecule has 2 bridgehead atoms. The lowest BCUT2D eigenvalue weighted by Crippen LogP contribution is -2.59. The number of para-hydroxylation sites is 1. The van der Waals surface area contributed by atoms with Crippen LogP contribution in [0.1, 0.15) is 84.1 Å². The van der Waals surface area contributed by atoms with Gasteiger partial charge in [0.1, 0.15) is 11.7 Å². The zero-order valence-electron chi connectivity index (χ0n) is 23.8. The lowest BCUT2D eigenvalue weighted by atomic mass is 9.69. The molecule has 2 saturated heterocycles. The fourth-order valence-corrected chi connectivity index (χ4v) is 6.87. The average Bonchev–Trinajstić information content (AvgIpc) is 3.59. The molecule has 2 aliphatic heterocycles. The molecule has 3 fully saturated rings. The van der Waals surface area contributed by atoms with Crippen molar-refractivity contribution in [1.82, 2.24) is 20.1 Å². The van der Waals surface area contributed by atoms with Gasteiger partial charge in [-0.1, -0.05) is 59.7 Å². The van der Waals surface area contributed by atoms with E-state index in [4.69, 9.17) is 0 Å². The summed E-state index contributed by atoms with van der Waals surface area (Å²) in [5.74, 6) is 0.767. The Hall–Kier alpha value is -2.83. The van der Waals surface area contributed by atoms with Gasteiger partial charge in [-0.15, -0.1) is 0 Å². The van der Waals surface area contributed by atoms with E-state index >= 15 is 0 Å². The van der Waals surface area contributed by atoms with Crippen molar-refractivity contribution < 1.29 is 14.4 Å². The van der Waals surface area contributed by atoms with Crippen LogP contribution in [0.3, 0.4) is 0 Å². The van der Waals surface area contributed by atoms with Crippen LogP contribution in [-0.2, 0) is 9.59 Å². The second-order valence-electron chi connectivity index (χ2n) is 14.0. The number of carbonyl (C=O) groups excluding carboxylic acids is 3. The first-order valence-electron chi connectivity index (χ1n) is 14.3. The molecule has 3 amide bonds. The maximum atomic E-state index is 13.8. The number of nitrogens with zero attached hydrogens (tertiary/aromatic N) is 2. The topological polar surface area (TPSA) is 85.5 Å². The molecule has 1 aromatic carbocycles. The van der Waals surface area contributed by atoms with Crippen molar-refractivity contribution in [2.45, 2.75) is 91.8 Å². The standard InChI is InChI=1S/C31H44N4O3/c1-30(2,3)21-13-11-19(12-14-21)28(37)34-17-23-16-22(34)18-35(23)29(38)26(31(4,5)6)33-27(36)25-15-20-9-7-8-10-24(20)32-25/h7-10,15,19,21-23,26,32H,11-14,16-18H2,1-6H3,(H,33,36)/t19-,21-,22-,23-,26?/m0/s1. The van der Waals surface area contributed by atoms with Gasteiger partial charge in [0.2, 0.25) is 11.8 Å². The molecule has 3 heterocycles. The Labute approximate surface area is 226 Å². The number of likely N-dealkylation sites (tertiary alicyclic amines) is 2. The van der Waals surface area contributed by atoms with Gasteiger partial charge in [0.25, 0.3) is 5.91 Å². The van der Waals surface area contributed by atoms with Crippen LogP contribution < -0.4 is 5.32 Å². The van der Waals surface area contributed by atoms with Gasteiger partial charge in [0.05, 0.1) is 12.1 Å². The largest absolute Gasteiger partial charge is 0.351 e. The smallest absolute Gasteiger partial charge is 0.268 e. The maximum absolute atomic E-state index is 13.8. The molecule has 1 saturated carbocycles. The summed E-state index contributed by atoms with van der Waals surface area (Å²) >= 11 is 0. The summed E-state index contributed by atoms with van der Waals surface area (Å²) in [6.07, 6.45) is 5.03. The predicted octanol–water partition coefficient (Wildman–Crippen LogP) is 4.98. The summed E-state index contributed by atoms with van der Waals surface area (Å²) < 4.78 is 0. The van der Waals surface area contributed by atoms with Crippen LogP contribution in [-0.4, -0.2) is 63.7 Å². The van der Waals surface area contributed by atoms with Crippen LogP contribution in [0, 0.1) is 22.7 Å². The first-order valence-corrected chi connectivity index (χ1v) is 14.3. The minimum absolute atomic E-state index is 0.0252. The third-order valence-electron chi connectivity index (χ3n) is 9.27. The summed E-state index contributed by atoms with van der Waals surface area (Å²) in [6, 6.07) is 9.03. The number of aromatic amines is 1. The zero-order valence-corrected chi connectivity index (χ0v) is 23.8. The van der Waals surface area contributed by atoms with Gasteiger partial charge in [-0.3, -0.25) is 14.4 Å². The number of carbonyl (C=O) groups is 3. The number of piperazine rings is 1. The van der Waals surface area contributed by atoms with Crippen molar-refractivity contribution in [2.75, 3.05) is 13.1 Å². The Morgan fingerprint density at radius 1 is 0.921 bits per heavy atom. The number of hydrogen-bond acceptors (Lipinski definition) is 3. The summed E-state index contributed by atoms with van der Waals surface area (Å²) in [5, 5.41) is 3.99. The highest BCUT2D eigenvalue weighted by atomic mass is 16.2. The minimum atomic E-state index is -0.655. The summed E-state index contributed by atoms with van der Waals surface area (Å²) in [4.78, 5) is 47.6. The quantitative estimate of drug-likeness (QED) is 0.597. The number of hydrogen-bond donors (Lipinski definition) is 2. The van der Waals surface area contributed by atoms with Crippen molar-refractivity contribution in [1.29, 1.82) is 0 Å². The molecule has 7 heteroatoms. The number of H-pyrrole nitrogens is 1. The maximum Gasteiger partial charge on any atom is 0.268 e. The molecular formula is C31H44N4O3. The second-order valence-corrected chi connectivity index (χ2v) is 14.0. The predicted molar refractivity (Wildman–Crippen MR) is 150 cm³/mol. The second kappa shape index (κ2) is 9.73. The van der Waals surface area contributed by atoms with Crippen molar-refractivity contribution in [3.63, 3.8) is 0 Å². The van der Waals surface area contributed by atoms with Crippen molar-refractivity contribution >= 4 is 28.6 Å². The first-order chi connectivity index (χ1) is 17.8. The number of amides is 3. The van der Waals surface area contributed by atoms with E-state index in [1.165, 1.54) is 0 Å². The van der Waals surface area contributed by atoms with E-state index in [-0.39, 0.29) is 35.7 Å². The van der Waals surface area contributed by atoms with Crippen LogP contribution in [0.25, 0.3) is 10.9 Å². The number of benzene rings is 1. The fourth-order valence-electron chi connectivity index (χ4n) is 6.87. The van der Waals surface area contributed by atoms with Crippen LogP contribution in [0.4, 0.5) is 0 Å². The van der Waals surface area contributed by atoms with E-state index in [1.807, 2.05) is 56.0 Å². The van der Waals surface area contributed by atoms with Gasteiger partial charge >= 0.3 is 0 Å². The van der Waals surface area contributed by atoms with E-state index in [2.05, 4.69) is 36.0 Å². The van der Waals surface area contributed by atoms with Crippen molar-refractivity contribution in [2.24, 2.45) is 22.7 Å².